The summed E-state index contributed by atoms with van der Waals surface area (Å²) in [6.07, 6.45) is 0. The predicted octanol–water partition coefficient (Wildman–Crippen LogP) is 4.55. The van der Waals surface area contributed by atoms with Crippen LogP contribution in [0.4, 0.5) is 13.2 Å². The molecule has 105 valence electrons. The van der Waals surface area contributed by atoms with Gasteiger partial charge in [-0.2, -0.15) is 0 Å². The topological polar surface area (TPSA) is 22.1 Å². The number of halogens is 3. The van der Waals surface area contributed by atoms with Gasteiger partial charge in [0.1, 0.15) is 22.8 Å². The van der Waals surface area contributed by atoms with Gasteiger partial charge in [0.15, 0.2) is 11.6 Å². The second-order valence-corrected chi connectivity index (χ2v) is 4.47. The first-order chi connectivity index (χ1) is 10.0. The summed E-state index contributed by atoms with van der Waals surface area (Å²) in [6, 6.07) is 10.6. The number of rotatable bonds is 2. The van der Waals surface area contributed by atoms with E-state index in [1.807, 2.05) is 0 Å². The van der Waals surface area contributed by atoms with Crippen molar-refractivity contribution in [3.8, 4) is 11.5 Å². The molecular weight excluding hydrogens is 279 g/mol. The zero-order chi connectivity index (χ0) is 15.0. The quantitative estimate of drug-likeness (QED) is 0.690. The first kappa shape index (κ1) is 13.4. The van der Waals surface area contributed by atoms with Crippen molar-refractivity contribution < 1.29 is 17.9 Å². The van der Waals surface area contributed by atoms with E-state index in [-0.39, 0.29) is 11.3 Å². The maximum atomic E-state index is 13.7. The Hall–Kier alpha value is -2.56. The second-order valence-electron chi connectivity index (χ2n) is 4.47. The van der Waals surface area contributed by atoms with Crippen LogP contribution in [0.15, 0.2) is 36.4 Å². The monoisotopic (exact) mass is 288 g/mol. The van der Waals surface area contributed by atoms with Gasteiger partial charge in [-0.3, -0.25) is 0 Å². The van der Waals surface area contributed by atoms with Gasteiger partial charge in [0.05, 0.1) is 11.8 Å². The van der Waals surface area contributed by atoms with Crippen molar-refractivity contribution in [1.82, 2.24) is 4.98 Å². The number of ether oxygens (including phenoxy) is 1. The van der Waals surface area contributed by atoms with Gasteiger partial charge in [0.25, 0.3) is 0 Å². The highest BCUT2D eigenvalue weighted by molar-refractivity contribution is 5.81. The van der Waals surface area contributed by atoms with E-state index in [0.717, 1.165) is 6.07 Å². The van der Waals surface area contributed by atoms with Crippen LogP contribution in [0.2, 0.25) is 0 Å². The lowest BCUT2D eigenvalue weighted by Gasteiger charge is -2.10. The van der Waals surface area contributed by atoms with Crippen LogP contribution in [-0.2, 0) is 0 Å². The molecule has 0 bridgehead atoms. The Labute approximate surface area is 118 Å². The van der Waals surface area contributed by atoms with Crippen molar-refractivity contribution >= 4 is 10.9 Å². The molecule has 0 aliphatic carbocycles. The van der Waals surface area contributed by atoms with Gasteiger partial charge in [-0.1, -0.05) is 6.07 Å². The van der Waals surface area contributed by atoms with E-state index in [0.29, 0.717) is 16.8 Å². The molecule has 1 radical (unpaired) electrons. The summed E-state index contributed by atoms with van der Waals surface area (Å²) < 4.78 is 45.4. The van der Waals surface area contributed by atoms with Crippen molar-refractivity contribution in [3.05, 3.63) is 65.6 Å². The highest BCUT2D eigenvalue weighted by atomic mass is 19.2. The molecule has 3 aromatic rings. The lowest BCUT2D eigenvalue weighted by molar-refractivity contribution is 0.469. The fourth-order valence-electron chi connectivity index (χ4n) is 1.96. The lowest BCUT2D eigenvalue weighted by Crippen LogP contribution is -1.95. The van der Waals surface area contributed by atoms with Crippen molar-refractivity contribution in [2.45, 2.75) is 6.92 Å². The van der Waals surface area contributed by atoms with Crippen LogP contribution in [0.1, 0.15) is 5.69 Å². The Balaban J connectivity index is 2.07. The van der Waals surface area contributed by atoms with Crippen molar-refractivity contribution in [2.75, 3.05) is 0 Å². The normalized spacial score (nSPS) is 10.9. The van der Waals surface area contributed by atoms with E-state index >= 15 is 0 Å². The summed E-state index contributed by atoms with van der Waals surface area (Å²) >= 11 is 0. The molecule has 2 nitrogen and oxygen atoms in total. The third-order valence-corrected chi connectivity index (χ3v) is 2.98. The van der Waals surface area contributed by atoms with Crippen LogP contribution in [0.3, 0.4) is 0 Å². The highest BCUT2D eigenvalue weighted by Crippen LogP contribution is 2.29. The largest absolute Gasteiger partial charge is 0.455 e. The summed E-state index contributed by atoms with van der Waals surface area (Å²) in [5.74, 6) is -2.00. The maximum Gasteiger partial charge on any atom is 0.184 e. The Morgan fingerprint density at radius 2 is 1.90 bits per heavy atom. The fourth-order valence-corrected chi connectivity index (χ4v) is 1.96. The van der Waals surface area contributed by atoms with Gasteiger partial charge in [-0.05, 0) is 37.3 Å². The molecular formula is C16H9F3NO. The van der Waals surface area contributed by atoms with Gasteiger partial charge < -0.3 is 4.74 Å². The predicted molar refractivity (Wildman–Crippen MR) is 71.7 cm³/mol. The van der Waals surface area contributed by atoms with Gasteiger partial charge >= 0.3 is 0 Å². The summed E-state index contributed by atoms with van der Waals surface area (Å²) in [6.45, 7) is 1.60. The molecule has 5 heteroatoms. The molecule has 0 atom stereocenters. The zero-order valence-corrected chi connectivity index (χ0v) is 11.0. The van der Waals surface area contributed by atoms with Crippen LogP contribution < -0.4 is 4.74 Å². The molecule has 1 heterocycles. The van der Waals surface area contributed by atoms with E-state index in [9.17, 15) is 13.2 Å². The molecule has 1 aromatic heterocycles. The van der Waals surface area contributed by atoms with Crippen LogP contribution in [0, 0.1) is 30.4 Å². The summed E-state index contributed by atoms with van der Waals surface area (Å²) in [5.41, 5.74) is 0.299. The molecule has 0 saturated heterocycles. The minimum absolute atomic E-state index is 0.0666. The summed E-state index contributed by atoms with van der Waals surface area (Å²) in [7, 11) is 0. The average Bonchev–Trinajstić information content (AvgIpc) is 2.45. The molecule has 3 rings (SSSR count). The number of aromatic nitrogens is 1. The summed E-state index contributed by atoms with van der Waals surface area (Å²) in [4.78, 5) is 4.01. The van der Waals surface area contributed by atoms with Gasteiger partial charge in [0, 0.05) is 5.39 Å². The van der Waals surface area contributed by atoms with Gasteiger partial charge in [-0.25, -0.2) is 18.2 Å². The summed E-state index contributed by atoms with van der Waals surface area (Å²) in [5, 5.41) is 0.394. The Morgan fingerprint density at radius 1 is 1.10 bits per heavy atom. The lowest BCUT2D eigenvalue weighted by atomic mass is 10.2. The zero-order valence-electron chi connectivity index (χ0n) is 11.0. The molecule has 0 aliphatic heterocycles. The number of nitrogens with zero attached hydrogens (tertiary/aromatic N) is 1. The molecule has 2 aromatic carbocycles. The van der Waals surface area contributed by atoms with Gasteiger partial charge in [0.2, 0.25) is 0 Å². The Morgan fingerprint density at radius 3 is 2.67 bits per heavy atom. The standard InChI is InChI=1S/C16H9F3NO/c1-9-14(21-12-4-2-3-11(17)8-12)7-10-5-6-13(18)15(19)16(10)20-9/h2-7H,1H3. The Bertz CT molecular complexity index is 833. The molecule has 0 spiro atoms. The SMILES string of the molecule is Cc1nc2c(F)c(F)ccc2cc1Oc1[c]c(F)ccc1. The minimum atomic E-state index is -1.00. The Kier molecular flexibility index (Phi) is 3.25. The van der Waals surface area contributed by atoms with Crippen LogP contribution in [0.5, 0.6) is 11.5 Å². The van der Waals surface area contributed by atoms with Crippen molar-refractivity contribution in [3.63, 3.8) is 0 Å². The fraction of sp³-hybridized carbons (Fsp3) is 0.0625. The van der Waals surface area contributed by atoms with Crippen LogP contribution in [0.25, 0.3) is 10.9 Å². The van der Waals surface area contributed by atoms with Crippen molar-refractivity contribution in [2.24, 2.45) is 0 Å². The third kappa shape index (κ3) is 2.54. The molecule has 0 aliphatic rings. The number of pyridine rings is 1. The molecule has 0 unspecified atom stereocenters. The first-order valence-electron chi connectivity index (χ1n) is 6.15. The van der Waals surface area contributed by atoms with Crippen LogP contribution in [-0.4, -0.2) is 4.98 Å². The van der Waals surface area contributed by atoms with Gasteiger partial charge in [-0.15, -0.1) is 0 Å². The van der Waals surface area contributed by atoms with E-state index in [1.165, 1.54) is 30.3 Å². The molecule has 0 fully saturated rings. The number of aryl methyl sites for hydroxylation is 1. The van der Waals surface area contributed by atoms with E-state index in [2.05, 4.69) is 11.1 Å². The maximum absolute atomic E-state index is 13.7. The molecule has 0 amide bonds. The van der Waals surface area contributed by atoms with E-state index < -0.39 is 17.5 Å². The van der Waals surface area contributed by atoms with E-state index in [4.69, 9.17) is 4.74 Å². The molecule has 0 N–H and O–H groups in total. The van der Waals surface area contributed by atoms with Crippen molar-refractivity contribution in [1.29, 1.82) is 0 Å². The first-order valence-corrected chi connectivity index (χ1v) is 6.15. The third-order valence-electron chi connectivity index (χ3n) is 2.98. The number of hydrogen-bond acceptors (Lipinski definition) is 2. The number of fused-ring (bicyclic) bond motifs is 1. The number of benzene rings is 2. The van der Waals surface area contributed by atoms with E-state index in [1.54, 1.807) is 6.92 Å². The molecule has 0 saturated carbocycles. The smallest absolute Gasteiger partial charge is 0.184 e. The number of hydrogen-bond donors (Lipinski definition) is 0. The minimum Gasteiger partial charge on any atom is -0.455 e. The highest BCUT2D eigenvalue weighted by Gasteiger charge is 2.12. The van der Waals surface area contributed by atoms with Crippen LogP contribution >= 0.6 is 0 Å². The molecule has 21 heavy (non-hydrogen) atoms. The average molecular weight is 288 g/mol. The second kappa shape index (κ2) is 5.09.